The minimum atomic E-state index is -2.26. The number of nitrogens with zero attached hydrogens (tertiary/aromatic N) is 2. The van der Waals surface area contributed by atoms with Gasteiger partial charge in [0.25, 0.3) is 6.43 Å². The lowest BCUT2D eigenvalue weighted by atomic mass is 10.3. The molecule has 1 heterocycles. The molecule has 0 radical (unpaired) electrons. The first-order valence-corrected chi connectivity index (χ1v) is 6.49. The molecule has 0 saturated heterocycles. The molecule has 0 aliphatic heterocycles. The van der Waals surface area contributed by atoms with Gasteiger partial charge in [0.15, 0.2) is 0 Å². The lowest BCUT2D eigenvalue weighted by Gasteiger charge is -2.14. The summed E-state index contributed by atoms with van der Waals surface area (Å²) in [7, 11) is 1.71. The van der Waals surface area contributed by atoms with Gasteiger partial charge in [0.1, 0.15) is 0 Å². The average molecular weight is 269 g/mol. The average Bonchev–Trinajstić information content (AvgIpc) is 2.64. The second-order valence-electron chi connectivity index (χ2n) is 3.62. The lowest BCUT2D eigenvalue weighted by Crippen LogP contribution is -2.25. The van der Waals surface area contributed by atoms with E-state index in [4.69, 9.17) is 11.6 Å². The van der Waals surface area contributed by atoms with E-state index in [9.17, 15) is 8.78 Å². The predicted octanol–water partition coefficient (Wildman–Crippen LogP) is 3.01. The van der Waals surface area contributed by atoms with E-state index in [1.165, 1.54) is 0 Å². The maximum absolute atomic E-state index is 12.0. The summed E-state index contributed by atoms with van der Waals surface area (Å²) < 4.78 is 24.0. The summed E-state index contributed by atoms with van der Waals surface area (Å²) in [6.45, 7) is 0.505. The molecule has 0 aliphatic carbocycles. The first-order chi connectivity index (χ1) is 7.61. The van der Waals surface area contributed by atoms with Crippen LogP contribution in [0.25, 0.3) is 0 Å². The number of hydrogen-bond acceptors (Lipinski definition) is 3. The first-order valence-electron chi connectivity index (χ1n) is 5.07. The molecule has 16 heavy (non-hydrogen) atoms. The third kappa shape index (κ3) is 5.18. The van der Waals surface area contributed by atoms with Crippen molar-refractivity contribution in [1.82, 2.24) is 9.88 Å². The van der Waals surface area contributed by atoms with Gasteiger partial charge in [-0.05, 0) is 20.0 Å². The minimum Gasteiger partial charge on any atom is -0.301 e. The second kappa shape index (κ2) is 7.14. The van der Waals surface area contributed by atoms with Gasteiger partial charge in [0, 0.05) is 11.8 Å². The number of aromatic nitrogens is 1. The maximum Gasteiger partial charge on any atom is 0.251 e. The molecular weight excluding hydrogens is 254 g/mol. The van der Waals surface area contributed by atoms with Gasteiger partial charge in [-0.1, -0.05) is 0 Å². The van der Waals surface area contributed by atoms with Crippen molar-refractivity contribution in [3.05, 3.63) is 16.1 Å². The highest BCUT2D eigenvalue weighted by molar-refractivity contribution is 7.09. The van der Waals surface area contributed by atoms with Gasteiger partial charge in [-0.3, -0.25) is 0 Å². The fourth-order valence-electron chi connectivity index (χ4n) is 1.35. The summed E-state index contributed by atoms with van der Waals surface area (Å²) in [4.78, 5) is 5.95. The maximum atomic E-state index is 12.0. The molecule has 0 amide bonds. The summed E-state index contributed by atoms with van der Waals surface area (Å²) in [5.41, 5.74) is 0.891. The van der Waals surface area contributed by atoms with Gasteiger partial charge in [0.2, 0.25) is 0 Å². The Labute approximate surface area is 103 Å². The van der Waals surface area contributed by atoms with Crippen LogP contribution in [-0.4, -0.2) is 36.4 Å². The topological polar surface area (TPSA) is 16.1 Å². The van der Waals surface area contributed by atoms with Gasteiger partial charge in [-0.25, -0.2) is 13.8 Å². The molecule has 0 unspecified atom stereocenters. The molecule has 1 rings (SSSR count). The van der Waals surface area contributed by atoms with E-state index in [-0.39, 0.29) is 6.54 Å². The van der Waals surface area contributed by atoms with Crippen molar-refractivity contribution in [2.75, 3.05) is 20.1 Å². The zero-order chi connectivity index (χ0) is 12.0. The SMILES string of the molecule is CN(CCCc1nc(CCl)cs1)CC(F)F. The highest BCUT2D eigenvalue weighted by atomic mass is 35.5. The number of halogens is 3. The summed E-state index contributed by atoms with van der Waals surface area (Å²) in [5.74, 6) is 0.432. The van der Waals surface area contributed by atoms with Gasteiger partial charge >= 0.3 is 0 Å². The molecule has 1 aromatic heterocycles. The van der Waals surface area contributed by atoms with E-state index in [1.54, 1.807) is 23.3 Å². The smallest absolute Gasteiger partial charge is 0.251 e. The van der Waals surface area contributed by atoms with E-state index in [1.807, 2.05) is 5.38 Å². The summed E-state index contributed by atoms with van der Waals surface area (Å²) in [6, 6.07) is 0. The van der Waals surface area contributed by atoms with Crippen LogP contribution in [0.15, 0.2) is 5.38 Å². The molecule has 0 spiro atoms. The number of thiazole rings is 1. The zero-order valence-electron chi connectivity index (χ0n) is 9.13. The summed E-state index contributed by atoms with van der Waals surface area (Å²) in [5, 5.41) is 2.96. The minimum absolute atomic E-state index is 0.162. The van der Waals surface area contributed by atoms with Crippen LogP contribution < -0.4 is 0 Å². The number of rotatable bonds is 7. The third-order valence-electron chi connectivity index (χ3n) is 2.12. The molecule has 2 nitrogen and oxygen atoms in total. The molecule has 92 valence electrons. The molecule has 1 aromatic rings. The largest absolute Gasteiger partial charge is 0.301 e. The van der Waals surface area contributed by atoms with Crippen molar-refractivity contribution >= 4 is 22.9 Å². The Kier molecular flexibility index (Phi) is 6.16. The molecule has 0 atom stereocenters. The fourth-order valence-corrected chi connectivity index (χ4v) is 2.42. The van der Waals surface area contributed by atoms with E-state index in [2.05, 4.69) is 4.98 Å². The molecule has 0 aromatic carbocycles. The molecule has 0 saturated carbocycles. The van der Waals surface area contributed by atoms with Crippen LogP contribution in [-0.2, 0) is 12.3 Å². The standard InChI is InChI=1S/C10H15ClF2N2S/c1-15(6-9(12)13)4-2-3-10-14-8(5-11)7-16-10/h7,9H,2-6H2,1H3. The number of alkyl halides is 3. The van der Waals surface area contributed by atoms with E-state index < -0.39 is 6.43 Å². The highest BCUT2D eigenvalue weighted by Crippen LogP contribution is 2.13. The number of hydrogen-bond donors (Lipinski definition) is 0. The zero-order valence-corrected chi connectivity index (χ0v) is 10.7. The van der Waals surface area contributed by atoms with Crippen LogP contribution in [0.5, 0.6) is 0 Å². The van der Waals surface area contributed by atoms with E-state index in [0.29, 0.717) is 12.4 Å². The van der Waals surface area contributed by atoms with Crippen LogP contribution >= 0.6 is 22.9 Å². The lowest BCUT2D eigenvalue weighted by molar-refractivity contribution is 0.0999. The molecule has 6 heteroatoms. The summed E-state index contributed by atoms with van der Waals surface area (Å²) in [6.07, 6.45) is -0.583. The molecule has 0 N–H and O–H groups in total. The quantitative estimate of drug-likeness (QED) is 0.707. The Morgan fingerprint density at radius 3 is 2.88 bits per heavy atom. The Bertz CT molecular complexity index is 307. The van der Waals surface area contributed by atoms with Crippen LogP contribution in [0.4, 0.5) is 8.78 Å². The Hall–Kier alpha value is -0.260. The fraction of sp³-hybridized carbons (Fsp3) is 0.700. The number of aryl methyl sites for hydroxylation is 1. The monoisotopic (exact) mass is 268 g/mol. The van der Waals surface area contributed by atoms with Crippen molar-refractivity contribution in [3.8, 4) is 0 Å². The van der Waals surface area contributed by atoms with Crippen molar-refractivity contribution in [2.45, 2.75) is 25.1 Å². The second-order valence-corrected chi connectivity index (χ2v) is 4.83. The Morgan fingerprint density at radius 1 is 1.56 bits per heavy atom. The van der Waals surface area contributed by atoms with Crippen LogP contribution in [0.2, 0.25) is 0 Å². The molecular formula is C10H15ClF2N2S. The predicted molar refractivity (Wildman–Crippen MR) is 63.5 cm³/mol. The van der Waals surface area contributed by atoms with Gasteiger partial charge < -0.3 is 4.90 Å². The van der Waals surface area contributed by atoms with E-state index >= 15 is 0 Å². The Balaban J connectivity index is 2.19. The van der Waals surface area contributed by atoms with Gasteiger partial charge in [-0.15, -0.1) is 22.9 Å². The van der Waals surface area contributed by atoms with Crippen molar-refractivity contribution in [2.24, 2.45) is 0 Å². The highest BCUT2D eigenvalue weighted by Gasteiger charge is 2.07. The Morgan fingerprint density at radius 2 is 2.31 bits per heavy atom. The first kappa shape index (κ1) is 13.8. The third-order valence-corrected chi connectivity index (χ3v) is 3.35. The van der Waals surface area contributed by atoms with Crippen molar-refractivity contribution < 1.29 is 8.78 Å². The van der Waals surface area contributed by atoms with E-state index in [0.717, 1.165) is 23.5 Å². The van der Waals surface area contributed by atoms with Crippen molar-refractivity contribution in [3.63, 3.8) is 0 Å². The van der Waals surface area contributed by atoms with Crippen LogP contribution in [0.3, 0.4) is 0 Å². The summed E-state index contributed by atoms with van der Waals surface area (Å²) >= 11 is 7.21. The van der Waals surface area contributed by atoms with Crippen molar-refractivity contribution in [1.29, 1.82) is 0 Å². The molecule has 0 aliphatic rings. The van der Waals surface area contributed by atoms with Gasteiger partial charge in [0.05, 0.1) is 23.1 Å². The normalized spacial score (nSPS) is 11.6. The van der Waals surface area contributed by atoms with Crippen LogP contribution in [0.1, 0.15) is 17.1 Å². The molecule has 0 fully saturated rings. The molecule has 0 bridgehead atoms. The van der Waals surface area contributed by atoms with Crippen LogP contribution in [0, 0.1) is 0 Å². The van der Waals surface area contributed by atoms with Gasteiger partial charge in [-0.2, -0.15) is 0 Å².